The first-order valence-corrected chi connectivity index (χ1v) is 26.3. The predicted molar refractivity (Wildman–Crippen MR) is 258 cm³/mol. The number of carbonyl (C=O) groups is 3. The van der Waals surface area contributed by atoms with Gasteiger partial charge in [0.2, 0.25) is 5.91 Å². The Hall–Kier alpha value is -2.82. The van der Waals surface area contributed by atoms with Crippen LogP contribution in [0, 0.1) is 0 Å². The molecule has 12 heteroatoms. The molecule has 0 aliphatic heterocycles. The minimum Gasteiger partial charge on any atom is -0.480 e. The zero-order valence-electron chi connectivity index (χ0n) is 39.6. The number of aliphatic hydroxyl groups is 1. The maximum Gasteiger partial charge on any atom is 0.472 e. The van der Waals surface area contributed by atoms with E-state index in [1.807, 2.05) is 0 Å². The molecule has 0 aromatic rings. The quantitative estimate of drug-likeness (QED) is 0.0200. The van der Waals surface area contributed by atoms with E-state index in [4.69, 9.17) is 13.8 Å². The lowest BCUT2D eigenvalue weighted by Crippen LogP contribution is -2.43. The van der Waals surface area contributed by atoms with E-state index in [2.05, 4.69) is 79.9 Å². The number of allylic oxidation sites excluding steroid dienone is 10. The fraction of sp³-hybridized carbons (Fsp3) is 0.745. The Morgan fingerprint density at radius 1 is 0.524 bits per heavy atom. The van der Waals surface area contributed by atoms with Crippen LogP contribution in [0.3, 0.4) is 0 Å². The van der Waals surface area contributed by atoms with E-state index >= 15 is 0 Å². The summed E-state index contributed by atoms with van der Waals surface area (Å²) in [5, 5.41) is 21.9. The molecule has 1 amide bonds. The van der Waals surface area contributed by atoms with Crippen molar-refractivity contribution in [2.45, 2.75) is 225 Å². The zero-order chi connectivity index (χ0) is 46.3. The average Bonchev–Trinajstić information content (AvgIpc) is 3.26. The van der Waals surface area contributed by atoms with Crippen LogP contribution in [0.1, 0.15) is 213 Å². The van der Waals surface area contributed by atoms with Gasteiger partial charge in [0.15, 0.2) is 6.04 Å². The van der Waals surface area contributed by atoms with Gasteiger partial charge in [-0.25, -0.2) is 9.36 Å². The third-order valence-electron chi connectivity index (χ3n) is 10.6. The van der Waals surface area contributed by atoms with Crippen molar-refractivity contribution in [2.75, 3.05) is 19.8 Å². The molecule has 0 radical (unpaired) electrons. The molecule has 0 aromatic heterocycles. The first-order valence-electron chi connectivity index (χ1n) is 24.8. The van der Waals surface area contributed by atoms with Crippen molar-refractivity contribution in [2.24, 2.45) is 0 Å². The number of unbranched alkanes of at least 4 members (excludes halogenated alkanes) is 22. The Kier molecular flexibility index (Phi) is 43.7. The van der Waals surface area contributed by atoms with E-state index in [1.165, 1.54) is 89.9 Å². The highest BCUT2D eigenvalue weighted by atomic mass is 31.2. The summed E-state index contributed by atoms with van der Waals surface area (Å²) in [6, 6.07) is -1.55. The summed E-state index contributed by atoms with van der Waals surface area (Å²) in [5.74, 6) is -2.38. The van der Waals surface area contributed by atoms with Crippen molar-refractivity contribution in [3.8, 4) is 0 Å². The van der Waals surface area contributed by atoms with E-state index in [0.29, 0.717) is 12.8 Å². The van der Waals surface area contributed by atoms with Gasteiger partial charge in [0, 0.05) is 12.8 Å². The predicted octanol–water partition coefficient (Wildman–Crippen LogP) is 13.5. The fourth-order valence-corrected chi connectivity index (χ4v) is 7.53. The maximum absolute atomic E-state index is 12.3. The summed E-state index contributed by atoms with van der Waals surface area (Å²) in [7, 11) is -4.76. The molecule has 0 aromatic carbocycles. The molecule has 0 saturated heterocycles. The van der Waals surface area contributed by atoms with E-state index in [1.54, 1.807) is 0 Å². The second-order valence-electron chi connectivity index (χ2n) is 16.6. The second kappa shape index (κ2) is 45.7. The van der Waals surface area contributed by atoms with Gasteiger partial charge in [-0.1, -0.05) is 203 Å². The van der Waals surface area contributed by atoms with Gasteiger partial charge in [-0.15, -0.1) is 0 Å². The molecule has 0 bridgehead atoms. The molecule has 4 N–H and O–H groups in total. The van der Waals surface area contributed by atoms with Crippen LogP contribution in [0.2, 0.25) is 0 Å². The number of nitrogens with one attached hydrogen (secondary N) is 1. The normalized spacial score (nSPS) is 14.1. The number of aliphatic carboxylic acids is 1. The van der Waals surface area contributed by atoms with Gasteiger partial charge < -0.3 is 25.2 Å². The van der Waals surface area contributed by atoms with Gasteiger partial charge in [0.25, 0.3) is 0 Å². The van der Waals surface area contributed by atoms with E-state index in [9.17, 15) is 34.1 Å². The van der Waals surface area contributed by atoms with Gasteiger partial charge in [-0.2, -0.15) is 0 Å². The largest absolute Gasteiger partial charge is 0.480 e. The van der Waals surface area contributed by atoms with Gasteiger partial charge in [0.05, 0.1) is 13.2 Å². The molecule has 11 nitrogen and oxygen atoms in total. The molecule has 0 fully saturated rings. The number of amides is 1. The molecule has 0 heterocycles. The topological polar surface area (TPSA) is 169 Å². The highest BCUT2D eigenvalue weighted by Gasteiger charge is 2.28. The highest BCUT2D eigenvalue weighted by Crippen LogP contribution is 2.43. The number of carbonyl (C=O) groups excluding carboxylic acids is 2. The number of carboxylic acid groups (broad SMARTS) is 1. The van der Waals surface area contributed by atoms with Crippen LogP contribution < -0.4 is 5.32 Å². The first-order chi connectivity index (χ1) is 30.6. The third-order valence-corrected chi connectivity index (χ3v) is 11.5. The van der Waals surface area contributed by atoms with Crippen molar-refractivity contribution in [1.82, 2.24) is 5.32 Å². The van der Waals surface area contributed by atoms with E-state index in [-0.39, 0.29) is 12.8 Å². The molecule has 364 valence electrons. The van der Waals surface area contributed by atoms with Crippen LogP contribution in [0.4, 0.5) is 0 Å². The molecule has 3 unspecified atom stereocenters. The molecule has 0 rings (SSSR count). The minimum atomic E-state index is -4.76. The van der Waals surface area contributed by atoms with Crippen molar-refractivity contribution in [3.05, 3.63) is 60.8 Å². The van der Waals surface area contributed by atoms with Gasteiger partial charge in [0.1, 0.15) is 12.7 Å². The minimum absolute atomic E-state index is 0.147. The monoisotopic (exact) mass is 908 g/mol. The number of phosphoric ester groups is 1. The zero-order valence-corrected chi connectivity index (χ0v) is 40.5. The first kappa shape index (κ1) is 60.2. The molecule has 0 aliphatic carbocycles. The van der Waals surface area contributed by atoms with Crippen molar-refractivity contribution in [3.63, 3.8) is 0 Å². The van der Waals surface area contributed by atoms with Gasteiger partial charge in [-0.05, 0) is 57.8 Å². The third kappa shape index (κ3) is 45.5. The van der Waals surface area contributed by atoms with E-state index in [0.717, 1.165) is 83.5 Å². The second-order valence-corrected chi connectivity index (χ2v) is 18.1. The molecule has 0 aliphatic rings. The SMILES string of the molecule is CC/C=C\C/C=C\C/C=C\C/C=C\C/C=C\CCCCCCCCCC(=O)OCC(O)COP(=O)(O)OCC(NC(=O)CCCCCCCCCCCCCCCCCC)C(=O)O. The Balaban J connectivity index is 3.85. The van der Waals surface area contributed by atoms with Crippen molar-refractivity contribution in [1.29, 1.82) is 0 Å². The van der Waals surface area contributed by atoms with E-state index < -0.39 is 57.6 Å². The van der Waals surface area contributed by atoms with Crippen LogP contribution in [-0.2, 0) is 32.7 Å². The number of hydrogen-bond acceptors (Lipinski definition) is 8. The highest BCUT2D eigenvalue weighted by molar-refractivity contribution is 7.47. The van der Waals surface area contributed by atoms with Crippen molar-refractivity contribution < 1.29 is 47.8 Å². The van der Waals surface area contributed by atoms with Crippen molar-refractivity contribution >= 4 is 25.7 Å². The Bertz CT molecular complexity index is 1300. The lowest BCUT2D eigenvalue weighted by molar-refractivity contribution is -0.147. The lowest BCUT2D eigenvalue weighted by Gasteiger charge is -2.18. The lowest BCUT2D eigenvalue weighted by atomic mass is 10.0. The summed E-state index contributed by atoms with van der Waals surface area (Å²) in [6.07, 6.45) is 53.8. The number of aliphatic hydroxyl groups excluding tert-OH is 1. The van der Waals surface area contributed by atoms with Crippen LogP contribution in [0.15, 0.2) is 60.8 Å². The van der Waals surface area contributed by atoms with Gasteiger partial charge >= 0.3 is 19.8 Å². The molecular weight excluding hydrogens is 818 g/mol. The fourth-order valence-electron chi connectivity index (χ4n) is 6.75. The number of hydrogen-bond donors (Lipinski definition) is 4. The van der Waals surface area contributed by atoms with Crippen LogP contribution >= 0.6 is 7.82 Å². The summed E-state index contributed by atoms with van der Waals surface area (Å²) in [5.41, 5.74) is 0. The summed E-state index contributed by atoms with van der Waals surface area (Å²) in [6.45, 7) is 2.49. The Morgan fingerprint density at radius 3 is 1.38 bits per heavy atom. The summed E-state index contributed by atoms with van der Waals surface area (Å²) in [4.78, 5) is 46.1. The number of ether oxygens (including phenoxy) is 1. The Labute approximate surface area is 383 Å². The number of esters is 1. The molecular formula is C51H90NO10P. The van der Waals surface area contributed by atoms with Crippen LogP contribution in [0.5, 0.6) is 0 Å². The molecule has 63 heavy (non-hydrogen) atoms. The maximum atomic E-state index is 12.3. The number of rotatable bonds is 46. The number of phosphoric acid groups is 1. The summed E-state index contributed by atoms with van der Waals surface area (Å²) < 4.78 is 26.9. The molecule has 0 spiro atoms. The smallest absolute Gasteiger partial charge is 0.472 e. The number of carboxylic acids is 1. The molecule has 3 atom stereocenters. The average molecular weight is 908 g/mol. The Morgan fingerprint density at radius 2 is 0.921 bits per heavy atom. The standard InChI is InChI=1S/C51H90NO10P/c1-3-5-7-9-11-13-15-17-19-21-22-23-24-25-26-27-29-31-33-35-37-39-41-43-50(55)60-44-47(53)45-61-63(58,59)62-46-48(51(56)57)52-49(54)42-40-38-36-34-32-30-28-20-18-16-14-12-10-8-6-4-2/h5,7,11,13,17,19,22-23,25-26,47-48,53H,3-4,6,8-10,12,14-16,18,20-21,24,27-46H2,1-2H3,(H,52,54)(H,56,57)(H,58,59)/b7-5-,13-11-,19-17-,23-22-,26-25-. The molecule has 0 saturated carbocycles. The van der Waals surface area contributed by atoms with Crippen LogP contribution in [-0.4, -0.2) is 64.9 Å². The summed E-state index contributed by atoms with van der Waals surface area (Å²) >= 11 is 0. The van der Waals surface area contributed by atoms with Crippen LogP contribution in [0.25, 0.3) is 0 Å². The van der Waals surface area contributed by atoms with Gasteiger partial charge in [-0.3, -0.25) is 18.6 Å².